The van der Waals surface area contributed by atoms with Gasteiger partial charge in [-0.05, 0) is 12.1 Å². The van der Waals surface area contributed by atoms with Crippen molar-refractivity contribution in [2.24, 2.45) is 0 Å². The fourth-order valence-corrected chi connectivity index (χ4v) is 2.36. The first kappa shape index (κ1) is 13.1. The summed E-state index contributed by atoms with van der Waals surface area (Å²) in [7, 11) is 1.47. The molecule has 1 aromatic carbocycles. The fraction of sp³-hybridized carbons (Fsp3) is 0.154. The normalized spacial score (nSPS) is 12.2. The van der Waals surface area contributed by atoms with Gasteiger partial charge in [0.2, 0.25) is 0 Å². The zero-order valence-corrected chi connectivity index (χ0v) is 10.9. The third kappa shape index (κ3) is 1.96. The van der Waals surface area contributed by atoms with Crippen LogP contribution in [0.1, 0.15) is 5.69 Å². The first-order valence-corrected chi connectivity index (χ1v) is 6.00. The van der Waals surface area contributed by atoms with Gasteiger partial charge in [-0.25, -0.2) is 4.98 Å². The molecule has 3 nitrogen and oxygen atoms in total. The molecule has 0 aliphatic rings. The van der Waals surface area contributed by atoms with E-state index in [9.17, 15) is 13.2 Å². The maximum absolute atomic E-state index is 12.7. The molecule has 0 radical (unpaired) electrons. The van der Waals surface area contributed by atoms with Crippen LogP contribution < -0.4 is 4.74 Å². The van der Waals surface area contributed by atoms with Gasteiger partial charge >= 0.3 is 6.18 Å². The molecular weight excluding hydrogens is 293 g/mol. The highest BCUT2D eigenvalue weighted by Crippen LogP contribution is 2.36. The summed E-state index contributed by atoms with van der Waals surface area (Å²) in [5, 5.41) is 1.36. The maximum Gasteiger partial charge on any atom is 0.433 e. The van der Waals surface area contributed by atoms with Crippen LogP contribution in [0.2, 0.25) is 5.02 Å². The number of halogens is 4. The number of aromatic nitrogens is 2. The van der Waals surface area contributed by atoms with E-state index in [1.165, 1.54) is 7.11 Å². The molecule has 0 fully saturated rings. The van der Waals surface area contributed by atoms with E-state index in [2.05, 4.69) is 9.97 Å². The molecule has 0 aliphatic heterocycles. The van der Waals surface area contributed by atoms with Crippen molar-refractivity contribution in [2.75, 3.05) is 7.11 Å². The first-order valence-electron chi connectivity index (χ1n) is 5.62. The Balaban J connectivity index is 2.39. The fourth-order valence-electron chi connectivity index (χ4n) is 2.15. The SMILES string of the molecule is COc1cc(Cl)cc2c1[nH]c1cnc(C(F)(F)F)cc12. The molecule has 0 bridgehead atoms. The summed E-state index contributed by atoms with van der Waals surface area (Å²) >= 11 is 5.96. The van der Waals surface area contributed by atoms with Gasteiger partial charge in [-0.1, -0.05) is 11.6 Å². The number of pyridine rings is 1. The molecule has 0 unspecified atom stereocenters. The molecule has 0 aliphatic carbocycles. The number of hydrogen-bond acceptors (Lipinski definition) is 2. The van der Waals surface area contributed by atoms with Crippen molar-refractivity contribution in [3.63, 3.8) is 0 Å². The van der Waals surface area contributed by atoms with Crippen LogP contribution in [-0.4, -0.2) is 17.1 Å². The molecule has 3 aromatic rings. The topological polar surface area (TPSA) is 37.9 Å². The van der Waals surface area contributed by atoms with Gasteiger partial charge in [0, 0.05) is 21.9 Å². The van der Waals surface area contributed by atoms with Gasteiger partial charge in [-0.2, -0.15) is 13.2 Å². The van der Waals surface area contributed by atoms with Crippen LogP contribution in [0.5, 0.6) is 5.75 Å². The molecule has 1 N–H and O–H groups in total. The van der Waals surface area contributed by atoms with E-state index in [0.29, 0.717) is 32.6 Å². The molecule has 104 valence electrons. The van der Waals surface area contributed by atoms with Crippen LogP contribution in [0.3, 0.4) is 0 Å². The smallest absolute Gasteiger partial charge is 0.433 e. The van der Waals surface area contributed by atoms with E-state index in [-0.39, 0.29) is 0 Å². The van der Waals surface area contributed by atoms with E-state index < -0.39 is 11.9 Å². The van der Waals surface area contributed by atoms with E-state index in [1.54, 1.807) is 12.1 Å². The van der Waals surface area contributed by atoms with Gasteiger partial charge in [0.15, 0.2) is 0 Å². The Morgan fingerprint density at radius 3 is 2.60 bits per heavy atom. The van der Waals surface area contributed by atoms with E-state index in [1.807, 2.05) is 0 Å². The number of rotatable bonds is 1. The van der Waals surface area contributed by atoms with Crippen LogP contribution in [0.25, 0.3) is 21.8 Å². The average molecular weight is 301 g/mol. The van der Waals surface area contributed by atoms with Crippen molar-refractivity contribution < 1.29 is 17.9 Å². The van der Waals surface area contributed by atoms with Crippen molar-refractivity contribution in [3.8, 4) is 5.75 Å². The van der Waals surface area contributed by atoms with Gasteiger partial charge in [0.25, 0.3) is 0 Å². The number of nitrogens with zero attached hydrogens (tertiary/aromatic N) is 1. The largest absolute Gasteiger partial charge is 0.495 e. The summed E-state index contributed by atoms with van der Waals surface area (Å²) in [5.41, 5.74) is 0.145. The lowest BCUT2D eigenvalue weighted by molar-refractivity contribution is -0.141. The standard InChI is InChI=1S/C13H8ClF3N2O/c1-20-10-3-6(14)2-8-7-4-11(13(15,16)17)18-5-9(7)19-12(8)10/h2-5,19H,1H3. The number of nitrogens with one attached hydrogen (secondary N) is 1. The molecule has 20 heavy (non-hydrogen) atoms. The Labute approximate surface area is 116 Å². The Morgan fingerprint density at radius 1 is 1.20 bits per heavy atom. The maximum atomic E-state index is 12.7. The summed E-state index contributed by atoms with van der Waals surface area (Å²) in [4.78, 5) is 6.41. The highest BCUT2D eigenvalue weighted by molar-refractivity contribution is 6.32. The Bertz CT molecular complexity index is 811. The number of methoxy groups -OCH3 is 1. The summed E-state index contributed by atoms with van der Waals surface area (Å²) in [5.74, 6) is 0.470. The van der Waals surface area contributed by atoms with Crippen molar-refractivity contribution in [1.82, 2.24) is 9.97 Å². The summed E-state index contributed by atoms with van der Waals surface area (Å²) in [6, 6.07) is 4.19. The quantitative estimate of drug-likeness (QED) is 0.723. The van der Waals surface area contributed by atoms with Crippen LogP contribution in [0, 0.1) is 0 Å². The second-order valence-electron chi connectivity index (χ2n) is 4.27. The molecule has 3 rings (SSSR count). The van der Waals surface area contributed by atoms with E-state index >= 15 is 0 Å². The molecule has 0 atom stereocenters. The molecule has 0 amide bonds. The lowest BCUT2D eigenvalue weighted by Crippen LogP contribution is -2.07. The molecule has 0 saturated carbocycles. The van der Waals surface area contributed by atoms with Crippen molar-refractivity contribution in [3.05, 3.63) is 35.1 Å². The predicted octanol–water partition coefficient (Wildman–Crippen LogP) is 4.40. The number of H-pyrrole nitrogens is 1. The second kappa shape index (κ2) is 4.28. The first-order chi connectivity index (χ1) is 9.40. The van der Waals surface area contributed by atoms with Gasteiger partial charge < -0.3 is 9.72 Å². The zero-order chi connectivity index (χ0) is 14.5. The third-order valence-electron chi connectivity index (χ3n) is 3.03. The second-order valence-corrected chi connectivity index (χ2v) is 4.70. The Hall–Kier alpha value is -1.95. The molecule has 7 heteroatoms. The van der Waals surface area contributed by atoms with Crippen LogP contribution in [0.15, 0.2) is 24.4 Å². The highest BCUT2D eigenvalue weighted by Gasteiger charge is 2.32. The van der Waals surface area contributed by atoms with Gasteiger partial charge in [0.05, 0.1) is 24.3 Å². The number of aromatic amines is 1. The number of fused-ring (bicyclic) bond motifs is 3. The van der Waals surface area contributed by atoms with Crippen molar-refractivity contribution in [1.29, 1.82) is 0 Å². The lowest BCUT2D eigenvalue weighted by atomic mass is 10.1. The lowest BCUT2D eigenvalue weighted by Gasteiger charge is -2.05. The monoisotopic (exact) mass is 300 g/mol. The average Bonchev–Trinajstić information content (AvgIpc) is 2.74. The van der Waals surface area contributed by atoms with Crippen LogP contribution in [0.4, 0.5) is 13.2 Å². The van der Waals surface area contributed by atoms with Crippen LogP contribution in [-0.2, 0) is 6.18 Å². The van der Waals surface area contributed by atoms with E-state index in [4.69, 9.17) is 16.3 Å². The predicted molar refractivity (Wildman–Crippen MR) is 70.2 cm³/mol. The number of ether oxygens (including phenoxy) is 1. The van der Waals surface area contributed by atoms with E-state index in [0.717, 1.165) is 12.3 Å². The third-order valence-corrected chi connectivity index (χ3v) is 3.25. The summed E-state index contributed by atoms with van der Waals surface area (Å²) in [6.45, 7) is 0. The molecule has 2 aromatic heterocycles. The molecule has 0 spiro atoms. The molecule has 2 heterocycles. The minimum Gasteiger partial charge on any atom is -0.495 e. The summed E-state index contributed by atoms with van der Waals surface area (Å²) < 4.78 is 43.3. The van der Waals surface area contributed by atoms with Crippen molar-refractivity contribution in [2.45, 2.75) is 6.18 Å². The summed E-state index contributed by atoms with van der Waals surface area (Å²) in [6.07, 6.45) is -3.33. The van der Waals surface area contributed by atoms with Crippen molar-refractivity contribution >= 4 is 33.4 Å². The van der Waals surface area contributed by atoms with Gasteiger partial charge in [-0.3, -0.25) is 0 Å². The molecule has 0 saturated heterocycles. The van der Waals surface area contributed by atoms with Gasteiger partial charge in [-0.15, -0.1) is 0 Å². The van der Waals surface area contributed by atoms with Gasteiger partial charge in [0.1, 0.15) is 11.4 Å². The zero-order valence-electron chi connectivity index (χ0n) is 10.2. The number of benzene rings is 1. The number of alkyl halides is 3. The minimum absolute atomic E-state index is 0.389. The van der Waals surface area contributed by atoms with Crippen LogP contribution >= 0.6 is 11.6 Å². The minimum atomic E-state index is -4.49. The number of hydrogen-bond donors (Lipinski definition) is 1. The molecular formula is C13H8ClF3N2O. The Kier molecular flexibility index (Phi) is 2.79. The Morgan fingerprint density at radius 2 is 1.95 bits per heavy atom. The highest BCUT2D eigenvalue weighted by atomic mass is 35.5.